The normalized spacial score (nSPS) is 17.4. The minimum atomic E-state index is -0.346. The minimum Gasteiger partial charge on any atom is -0.490 e. The molecule has 0 saturated carbocycles. The summed E-state index contributed by atoms with van der Waals surface area (Å²) in [6, 6.07) is 7.35. The van der Waals surface area contributed by atoms with Crippen molar-refractivity contribution in [3.8, 4) is 5.75 Å². The van der Waals surface area contributed by atoms with Crippen molar-refractivity contribution >= 4 is 21.8 Å². The van der Waals surface area contributed by atoms with Crippen LogP contribution in [0.3, 0.4) is 0 Å². The molecule has 31 heavy (non-hydrogen) atoms. The number of halogens is 1. The SMILES string of the molecule is COCCOc1ccc(Br)cc1C(=O)/N=c1\cc(C(C)(C)C)n(C)n1C[C@H]1CCCO1. The molecule has 1 fully saturated rings. The first-order chi connectivity index (χ1) is 14.7. The van der Waals surface area contributed by atoms with Crippen molar-refractivity contribution in [1.82, 2.24) is 9.36 Å². The second-order valence-corrected chi connectivity index (χ2v) is 9.69. The molecule has 170 valence electrons. The first-order valence-corrected chi connectivity index (χ1v) is 11.4. The molecule has 0 bridgehead atoms. The number of rotatable bonds is 7. The highest BCUT2D eigenvalue weighted by Gasteiger charge is 2.24. The van der Waals surface area contributed by atoms with Crippen molar-refractivity contribution < 1.29 is 19.0 Å². The molecule has 0 radical (unpaired) electrons. The molecule has 1 saturated heterocycles. The second-order valence-electron chi connectivity index (χ2n) is 8.78. The monoisotopic (exact) mass is 493 g/mol. The molecule has 8 heteroatoms. The zero-order valence-corrected chi connectivity index (χ0v) is 20.6. The Hall–Kier alpha value is -1.90. The van der Waals surface area contributed by atoms with E-state index in [1.165, 1.54) is 0 Å². The van der Waals surface area contributed by atoms with Crippen molar-refractivity contribution in [2.75, 3.05) is 26.9 Å². The third-order valence-electron chi connectivity index (χ3n) is 5.34. The summed E-state index contributed by atoms with van der Waals surface area (Å²) in [6.45, 7) is 8.70. The Morgan fingerprint density at radius 1 is 1.29 bits per heavy atom. The summed E-state index contributed by atoms with van der Waals surface area (Å²) < 4.78 is 21.6. The van der Waals surface area contributed by atoms with Crippen molar-refractivity contribution in [3.05, 3.63) is 45.5 Å². The molecule has 1 atom stereocenters. The number of nitrogens with zero attached hydrogens (tertiary/aromatic N) is 3. The number of methoxy groups -OCH3 is 1. The van der Waals surface area contributed by atoms with Gasteiger partial charge in [-0.1, -0.05) is 36.7 Å². The van der Waals surface area contributed by atoms with Gasteiger partial charge in [0.05, 0.1) is 24.8 Å². The Morgan fingerprint density at radius 2 is 2.06 bits per heavy atom. The molecular weight excluding hydrogens is 462 g/mol. The van der Waals surface area contributed by atoms with Gasteiger partial charge in [-0.2, -0.15) is 4.99 Å². The van der Waals surface area contributed by atoms with Gasteiger partial charge in [0.15, 0.2) is 5.49 Å². The Bertz CT molecular complexity index is 982. The molecule has 0 N–H and O–H groups in total. The smallest absolute Gasteiger partial charge is 0.282 e. The lowest BCUT2D eigenvalue weighted by Gasteiger charge is -2.21. The first-order valence-electron chi connectivity index (χ1n) is 10.6. The standard InChI is InChI=1S/C23H32BrN3O4/c1-23(2,3)20-14-21(27(26(20)4)15-17-7-6-10-30-17)25-22(28)18-13-16(24)8-9-19(18)31-12-11-29-5/h8-9,13-14,17H,6-7,10-12,15H2,1-5H3/b25-21+/t17-/m1/s1. The van der Waals surface area contributed by atoms with Crippen LogP contribution in [0.2, 0.25) is 0 Å². The maximum absolute atomic E-state index is 13.2. The molecule has 0 aliphatic carbocycles. The van der Waals surface area contributed by atoms with Crippen LogP contribution in [0.4, 0.5) is 0 Å². The molecule has 0 unspecified atom stereocenters. The lowest BCUT2D eigenvalue weighted by Crippen LogP contribution is -2.30. The highest BCUT2D eigenvalue weighted by molar-refractivity contribution is 9.10. The highest BCUT2D eigenvalue weighted by atomic mass is 79.9. The summed E-state index contributed by atoms with van der Waals surface area (Å²) >= 11 is 3.45. The molecule has 7 nitrogen and oxygen atoms in total. The van der Waals surface area contributed by atoms with E-state index in [9.17, 15) is 4.79 Å². The fourth-order valence-electron chi connectivity index (χ4n) is 3.76. The third kappa shape index (κ3) is 5.87. The van der Waals surface area contributed by atoms with Crippen LogP contribution in [0.15, 0.2) is 33.7 Å². The Balaban J connectivity index is 2.02. The summed E-state index contributed by atoms with van der Waals surface area (Å²) in [5.74, 6) is 0.146. The average Bonchev–Trinajstić information content (AvgIpc) is 3.32. The van der Waals surface area contributed by atoms with Gasteiger partial charge >= 0.3 is 0 Å². The van der Waals surface area contributed by atoms with Gasteiger partial charge in [-0.15, -0.1) is 0 Å². The van der Waals surface area contributed by atoms with E-state index in [0.717, 1.165) is 29.6 Å². The Morgan fingerprint density at radius 3 is 2.71 bits per heavy atom. The maximum atomic E-state index is 13.2. The van der Waals surface area contributed by atoms with E-state index >= 15 is 0 Å². The molecule has 3 rings (SSSR count). The van der Waals surface area contributed by atoms with Gasteiger partial charge in [0, 0.05) is 42.4 Å². The Labute approximate surface area is 192 Å². The zero-order valence-electron chi connectivity index (χ0n) is 19.0. The minimum absolute atomic E-state index is 0.0892. The summed E-state index contributed by atoms with van der Waals surface area (Å²) in [4.78, 5) is 17.7. The molecule has 1 aromatic carbocycles. The number of hydrogen-bond acceptors (Lipinski definition) is 4. The predicted molar refractivity (Wildman–Crippen MR) is 122 cm³/mol. The van der Waals surface area contributed by atoms with Gasteiger partial charge < -0.3 is 14.2 Å². The number of carbonyl (C=O) groups is 1. The van der Waals surface area contributed by atoms with Crippen LogP contribution in [0, 0.1) is 0 Å². The number of benzene rings is 1. The number of ether oxygens (including phenoxy) is 3. The Kier molecular flexibility index (Phi) is 7.78. The van der Waals surface area contributed by atoms with E-state index in [1.54, 1.807) is 19.2 Å². The van der Waals surface area contributed by atoms with Crippen molar-refractivity contribution in [3.63, 3.8) is 0 Å². The fraction of sp³-hybridized carbons (Fsp3) is 0.565. The van der Waals surface area contributed by atoms with Crippen LogP contribution < -0.4 is 10.2 Å². The van der Waals surface area contributed by atoms with Gasteiger partial charge in [-0.25, -0.2) is 0 Å². The molecule has 1 aliphatic heterocycles. The molecule has 2 aromatic rings. The van der Waals surface area contributed by atoms with Gasteiger partial charge in [-0.05, 0) is 31.0 Å². The maximum Gasteiger partial charge on any atom is 0.282 e. The van der Waals surface area contributed by atoms with Crippen molar-refractivity contribution in [2.45, 2.75) is 51.7 Å². The van der Waals surface area contributed by atoms with Crippen LogP contribution >= 0.6 is 15.9 Å². The topological polar surface area (TPSA) is 67.0 Å². The summed E-state index contributed by atoms with van der Waals surface area (Å²) in [7, 11) is 3.62. The van der Waals surface area contributed by atoms with Gasteiger partial charge in [0.1, 0.15) is 12.4 Å². The predicted octanol–water partition coefficient (Wildman–Crippen LogP) is 3.83. The van der Waals surface area contributed by atoms with Crippen LogP contribution in [0.1, 0.15) is 49.7 Å². The van der Waals surface area contributed by atoms with E-state index in [-0.39, 0.29) is 17.4 Å². The van der Waals surface area contributed by atoms with Crippen LogP contribution in [0.5, 0.6) is 5.75 Å². The van der Waals surface area contributed by atoms with E-state index in [4.69, 9.17) is 14.2 Å². The number of hydrogen-bond donors (Lipinski definition) is 0. The number of carbonyl (C=O) groups excluding carboxylic acids is 1. The van der Waals surface area contributed by atoms with Crippen molar-refractivity contribution in [2.24, 2.45) is 12.0 Å². The summed E-state index contributed by atoms with van der Waals surface area (Å²) in [5.41, 5.74) is 2.04. The molecule has 2 heterocycles. The lowest BCUT2D eigenvalue weighted by molar-refractivity contribution is 0.0885. The first kappa shape index (κ1) is 23.8. The van der Waals surface area contributed by atoms with E-state index in [0.29, 0.717) is 36.6 Å². The van der Waals surface area contributed by atoms with Crippen LogP contribution in [-0.4, -0.2) is 48.3 Å². The summed E-state index contributed by atoms with van der Waals surface area (Å²) in [5, 5.41) is 0. The number of aromatic nitrogens is 2. The van der Waals surface area contributed by atoms with E-state index < -0.39 is 0 Å². The largest absolute Gasteiger partial charge is 0.490 e. The van der Waals surface area contributed by atoms with Crippen LogP contribution in [0.25, 0.3) is 0 Å². The van der Waals surface area contributed by atoms with Gasteiger partial charge in [0.2, 0.25) is 0 Å². The summed E-state index contributed by atoms with van der Waals surface area (Å²) in [6.07, 6.45) is 2.21. The lowest BCUT2D eigenvalue weighted by atomic mass is 9.92. The molecular formula is C23H32BrN3O4. The zero-order chi connectivity index (χ0) is 22.6. The van der Waals surface area contributed by atoms with E-state index in [2.05, 4.69) is 46.4 Å². The molecule has 1 aromatic heterocycles. The molecule has 1 amide bonds. The third-order valence-corrected chi connectivity index (χ3v) is 5.84. The quantitative estimate of drug-likeness (QED) is 0.549. The van der Waals surface area contributed by atoms with Crippen LogP contribution in [-0.2, 0) is 28.5 Å². The number of amides is 1. The highest BCUT2D eigenvalue weighted by Crippen LogP contribution is 2.25. The van der Waals surface area contributed by atoms with Gasteiger partial charge in [0.25, 0.3) is 5.91 Å². The molecule has 1 aliphatic rings. The van der Waals surface area contributed by atoms with Crippen molar-refractivity contribution in [1.29, 1.82) is 0 Å². The van der Waals surface area contributed by atoms with E-state index in [1.807, 2.05) is 23.9 Å². The fourth-order valence-corrected chi connectivity index (χ4v) is 4.12. The average molecular weight is 494 g/mol. The second kappa shape index (κ2) is 10.1. The van der Waals surface area contributed by atoms with Gasteiger partial charge in [-0.3, -0.25) is 14.2 Å². The molecule has 0 spiro atoms.